The van der Waals surface area contributed by atoms with Crippen LogP contribution in [0.3, 0.4) is 0 Å². The Bertz CT molecular complexity index is 1660. The molecular formula is C28H17N. The Balaban J connectivity index is 1.60. The molecular weight excluding hydrogens is 350 g/mol. The standard InChI is InChI=1S/C28H17N/c1-16-5-6-20-15-19(10-14-25(20)29-16)21-12-13-24-22-4-2-3-17-7-8-18-9-11-23(21)28(24)27(18)26(17)22/h2-15H,1H3. The number of aryl methyl sites for hydroxylation is 1. The molecule has 7 rings (SSSR count). The number of benzene rings is 5. The smallest absolute Gasteiger partial charge is 0.0705 e. The summed E-state index contributed by atoms with van der Waals surface area (Å²) in [5.74, 6) is 0. The SMILES string of the molecule is Cc1ccc2cc(-c3ccc4c5c3ccc3ccc6cccc-4c6c35)ccc2n1. The first-order valence-electron chi connectivity index (χ1n) is 10.1. The Hall–Kier alpha value is -3.71. The minimum Gasteiger partial charge on any atom is -0.253 e. The van der Waals surface area contributed by atoms with Crippen molar-refractivity contribution in [2.75, 3.05) is 0 Å². The molecule has 0 amide bonds. The first kappa shape index (κ1) is 15.2. The minimum absolute atomic E-state index is 1.05. The largest absolute Gasteiger partial charge is 0.253 e. The molecule has 0 fully saturated rings. The molecule has 0 saturated heterocycles. The van der Waals surface area contributed by atoms with Crippen molar-refractivity contribution in [1.82, 2.24) is 4.98 Å². The number of hydrogen-bond donors (Lipinski definition) is 0. The van der Waals surface area contributed by atoms with Gasteiger partial charge >= 0.3 is 0 Å². The molecule has 29 heavy (non-hydrogen) atoms. The van der Waals surface area contributed by atoms with Crippen molar-refractivity contribution in [1.29, 1.82) is 0 Å². The van der Waals surface area contributed by atoms with Gasteiger partial charge in [0.15, 0.2) is 0 Å². The molecule has 0 atom stereocenters. The Morgan fingerprint density at radius 1 is 0.552 bits per heavy atom. The lowest BCUT2D eigenvalue weighted by Crippen LogP contribution is -1.86. The van der Waals surface area contributed by atoms with Crippen LogP contribution < -0.4 is 0 Å². The van der Waals surface area contributed by atoms with Gasteiger partial charge in [-0.3, -0.25) is 4.98 Å². The van der Waals surface area contributed by atoms with Crippen LogP contribution in [-0.2, 0) is 0 Å². The first-order chi connectivity index (χ1) is 14.3. The summed E-state index contributed by atoms with van der Waals surface area (Å²) >= 11 is 0. The lowest BCUT2D eigenvalue weighted by molar-refractivity contribution is 1.26. The van der Waals surface area contributed by atoms with E-state index in [1.54, 1.807) is 0 Å². The molecule has 1 heteroatoms. The highest BCUT2D eigenvalue weighted by molar-refractivity contribution is 6.34. The van der Waals surface area contributed by atoms with Crippen molar-refractivity contribution in [2.24, 2.45) is 0 Å². The molecule has 1 nitrogen and oxygen atoms in total. The Kier molecular flexibility index (Phi) is 2.74. The molecule has 1 heterocycles. The Morgan fingerprint density at radius 2 is 1.31 bits per heavy atom. The van der Waals surface area contributed by atoms with Crippen molar-refractivity contribution in [3.63, 3.8) is 0 Å². The van der Waals surface area contributed by atoms with Gasteiger partial charge < -0.3 is 0 Å². The second-order valence-electron chi connectivity index (χ2n) is 8.08. The van der Waals surface area contributed by atoms with Crippen LogP contribution in [0.25, 0.3) is 65.5 Å². The predicted molar refractivity (Wildman–Crippen MR) is 123 cm³/mol. The van der Waals surface area contributed by atoms with Crippen LogP contribution in [0.5, 0.6) is 0 Å². The van der Waals surface area contributed by atoms with E-state index in [2.05, 4.69) is 89.9 Å². The molecule has 5 aromatic carbocycles. The molecule has 0 radical (unpaired) electrons. The monoisotopic (exact) mass is 367 g/mol. The highest BCUT2D eigenvalue weighted by atomic mass is 14.7. The zero-order valence-electron chi connectivity index (χ0n) is 16.0. The van der Waals surface area contributed by atoms with E-state index in [1.165, 1.54) is 60.0 Å². The Labute approximate surface area is 168 Å². The Morgan fingerprint density at radius 3 is 2.24 bits per heavy atom. The average molecular weight is 367 g/mol. The van der Waals surface area contributed by atoms with E-state index < -0.39 is 0 Å². The van der Waals surface area contributed by atoms with E-state index in [0.717, 1.165) is 11.2 Å². The maximum absolute atomic E-state index is 4.66. The van der Waals surface area contributed by atoms with Crippen LogP contribution in [-0.4, -0.2) is 4.98 Å². The van der Waals surface area contributed by atoms with Crippen molar-refractivity contribution < 1.29 is 0 Å². The third-order valence-corrected chi connectivity index (χ3v) is 6.43. The number of rotatable bonds is 1. The molecule has 0 N–H and O–H groups in total. The van der Waals surface area contributed by atoms with Gasteiger partial charge in [-0.2, -0.15) is 0 Å². The van der Waals surface area contributed by atoms with Gasteiger partial charge in [0, 0.05) is 11.1 Å². The van der Waals surface area contributed by atoms with E-state index in [4.69, 9.17) is 0 Å². The molecule has 0 spiro atoms. The third kappa shape index (κ3) is 1.92. The summed E-state index contributed by atoms with van der Waals surface area (Å²) in [4.78, 5) is 4.66. The fourth-order valence-electron chi connectivity index (χ4n) is 5.13. The summed E-state index contributed by atoms with van der Waals surface area (Å²) in [5.41, 5.74) is 7.37. The van der Waals surface area contributed by atoms with E-state index in [-0.39, 0.29) is 0 Å². The molecule has 6 aromatic rings. The number of fused-ring (bicyclic) bond motifs is 2. The molecule has 1 aliphatic carbocycles. The second kappa shape index (κ2) is 5.21. The fourth-order valence-corrected chi connectivity index (χ4v) is 5.13. The van der Waals surface area contributed by atoms with Gasteiger partial charge in [0.05, 0.1) is 5.52 Å². The molecule has 0 unspecified atom stereocenters. The quantitative estimate of drug-likeness (QED) is 0.272. The highest BCUT2D eigenvalue weighted by Gasteiger charge is 2.21. The van der Waals surface area contributed by atoms with Crippen molar-refractivity contribution in [3.8, 4) is 22.3 Å². The zero-order chi connectivity index (χ0) is 19.1. The summed E-state index contributed by atoms with van der Waals surface area (Å²) in [5, 5.41) is 9.38. The van der Waals surface area contributed by atoms with Crippen LogP contribution in [0.4, 0.5) is 0 Å². The average Bonchev–Trinajstić information content (AvgIpc) is 3.11. The second-order valence-corrected chi connectivity index (χ2v) is 8.08. The molecule has 1 aliphatic rings. The van der Waals surface area contributed by atoms with Gasteiger partial charge in [-0.1, -0.05) is 66.7 Å². The van der Waals surface area contributed by atoms with Crippen molar-refractivity contribution >= 4 is 43.2 Å². The zero-order valence-corrected chi connectivity index (χ0v) is 16.0. The number of nitrogens with zero attached hydrogens (tertiary/aromatic N) is 1. The summed E-state index contributed by atoms with van der Waals surface area (Å²) in [6.07, 6.45) is 0. The number of hydrogen-bond acceptors (Lipinski definition) is 1. The van der Waals surface area contributed by atoms with Gasteiger partial charge in [-0.15, -0.1) is 0 Å². The summed E-state index contributed by atoms with van der Waals surface area (Å²) in [7, 11) is 0. The van der Waals surface area contributed by atoms with Crippen LogP contribution >= 0.6 is 0 Å². The first-order valence-corrected chi connectivity index (χ1v) is 10.1. The van der Waals surface area contributed by atoms with E-state index in [1.807, 2.05) is 6.92 Å². The molecule has 0 saturated carbocycles. The van der Waals surface area contributed by atoms with Gasteiger partial charge in [0.2, 0.25) is 0 Å². The van der Waals surface area contributed by atoms with Crippen LogP contribution in [0.15, 0.2) is 84.9 Å². The normalized spacial score (nSPS) is 12.3. The van der Waals surface area contributed by atoms with Gasteiger partial charge in [0.25, 0.3) is 0 Å². The number of pyridine rings is 1. The molecule has 0 aliphatic heterocycles. The van der Waals surface area contributed by atoms with Gasteiger partial charge in [-0.05, 0) is 79.7 Å². The lowest BCUT2D eigenvalue weighted by atomic mass is 9.93. The number of aromatic nitrogens is 1. The maximum atomic E-state index is 4.66. The minimum atomic E-state index is 1.05. The van der Waals surface area contributed by atoms with E-state index >= 15 is 0 Å². The van der Waals surface area contributed by atoms with Crippen LogP contribution in [0.1, 0.15) is 5.69 Å². The summed E-state index contributed by atoms with van der Waals surface area (Å²) < 4.78 is 0. The predicted octanol–water partition coefficient (Wildman–Crippen LogP) is 7.65. The molecule has 1 aromatic heterocycles. The van der Waals surface area contributed by atoms with Gasteiger partial charge in [-0.25, -0.2) is 0 Å². The highest BCUT2D eigenvalue weighted by Crippen LogP contribution is 2.49. The van der Waals surface area contributed by atoms with Crippen molar-refractivity contribution in [2.45, 2.75) is 6.92 Å². The van der Waals surface area contributed by atoms with E-state index in [9.17, 15) is 0 Å². The maximum Gasteiger partial charge on any atom is 0.0705 e. The van der Waals surface area contributed by atoms with Crippen LogP contribution in [0.2, 0.25) is 0 Å². The topological polar surface area (TPSA) is 12.9 Å². The molecule has 0 bridgehead atoms. The van der Waals surface area contributed by atoms with E-state index in [0.29, 0.717) is 0 Å². The van der Waals surface area contributed by atoms with Gasteiger partial charge in [0.1, 0.15) is 0 Å². The summed E-state index contributed by atoms with van der Waals surface area (Å²) in [6, 6.07) is 31.2. The van der Waals surface area contributed by atoms with Crippen LogP contribution in [0, 0.1) is 6.92 Å². The third-order valence-electron chi connectivity index (χ3n) is 6.43. The van der Waals surface area contributed by atoms with Crippen molar-refractivity contribution in [3.05, 3.63) is 90.6 Å². The molecule has 134 valence electrons. The fraction of sp³-hybridized carbons (Fsp3) is 0.0357. The summed E-state index contributed by atoms with van der Waals surface area (Å²) in [6.45, 7) is 2.04. The lowest BCUT2D eigenvalue weighted by Gasteiger charge is -2.11.